The van der Waals surface area contributed by atoms with Crippen molar-refractivity contribution in [3.05, 3.63) is 64.4 Å². The zero-order valence-corrected chi connectivity index (χ0v) is 14.8. The number of allylic oxidation sites excluding steroid dienone is 1. The van der Waals surface area contributed by atoms with Gasteiger partial charge in [-0.25, -0.2) is 0 Å². The standard InChI is InChI=1S/C18H15N3O2S2/c22-14(15-9-5-11-24-15)12-16-17(23)20-18(25-16)21-19-10-4-8-13-6-2-1-3-7-13/h1-11,16H,12H2,(H,20,21,23)/b8-4-,19-10+. The van der Waals surface area contributed by atoms with E-state index in [9.17, 15) is 9.59 Å². The van der Waals surface area contributed by atoms with Gasteiger partial charge in [0.15, 0.2) is 11.0 Å². The molecule has 1 amide bonds. The molecule has 25 heavy (non-hydrogen) atoms. The van der Waals surface area contributed by atoms with Crippen molar-refractivity contribution >= 4 is 52.2 Å². The number of ketones is 1. The van der Waals surface area contributed by atoms with Gasteiger partial charge in [0.05, 0.1) is 10.1 Å². The van der Waals surface area contributed by atoms with Gasteiger partial charge in [0.25, 0.3) is 0 Å². The maximum Gasteiger partial charge on any atom is 0.240 e. The van der Waals surface area contributed by atoms with Gasteiger partial charge < -0.3 is 5.32 Å². The van der Waals surface area contributed by atoms with Crippen molar-refractivity contribution in [2.45, 2.75) is 11.7 Å². The van der Waals surface area contributed by atoms with Crippen molar-refractivity contribution < 1.29 is 9.59 Å². The fraction of sp³-hybridized carbons (Fsp3) is 0.111. The summed E-state index contributed by atoms with van der Waals surface area (Å²) in [6, 6.07) is 13.4. The third-order valence-corrected chi connectivity index (χ3v) is 5.32. The van der Waals surface area contributed by atoms with E-state index >= 15 is 0 Å². The van der Waals surface area contributed by atoms with Crippen molar-refractivity contribution in [2.75, 3.05) is 0 Å². The molecule has 1 fully saturated rings. The SMILES string of the molecule is O=C(CC1S\C(=N/N=C/C=C\c2ccccc2)NC1=O)c1cccs1. The van der Waals surface area contributed by atoms with Gasteiger partial charge in [-0.2, -0.15) is 5.10 Å². The number of benzene rings is 1. The number of hydrogen-bond donors (Lipinski definition) is 1. The Labute approximate surface area is 153 Å². The quantitative estimate of drug-likeness (QED) is 0.480. The molecule has 0 radical (unpaired) electrons. The maximum absolute atomic E-state index is 12.1. The van der Waals surface area contributed by atoms with Crippen LogP contribution < -0.4 is 5.32 Å². The molecule has 2 heterocycles. The molecule has 3 rings (SSSR count). The number of amidine groups is 1. The number of amides is 1. The van der Waals surface area contributed by atoms with Crippen LogP contribution in [-0.2, 0) is 4.79 Å². The number of carbonyl (C=O) groups excluding carboxylic acids is 2. The summed E-state index contributed by atoms with van der Waals surface area (Å²) in [6.45, 7) is 0. The van der Waals surface area contributed by atoms with E-state index in [1.54, 1.807) is 18.4 Å². The molecule has 5 nitrogen and oxygen atoms in total. The summed E-state index contributed by atoms with van der Waals surface area (Å²) in [5, 5.41) is 12.4. The summed E-state index contributed by atoms with van der Waals surface area (Å²) in [6.07, 6.45) is 5.40. The number of carbonyl (C=O) groups is 2. The Morgan fingerprint density at radius 2 is 2.04 bits per heavy atom. The second-order valence-electron chi connectivity index (χ2n) is 5.14. The van der Waals surface area contributed by atoms with E-state index < -0.39 is 5.25 Å². The fourth-order valence-electron chi connectivity index (χ4n) is 2.14. The van der Waals surface area contributed by atoms with Crippen LogP contribution in [0.2, 0.25) is 0 Å². The average molecular weight is 369 g/mol. The van der Waals surface area contributed by atoms with E-state index in [2.05, 4.69) is 15.5 Å². The smallest absolute Gasteiger partial charge is 0.240 e. The van der Waals surface area contributed by atoms with Crippen LogP contribution >= 0.6 is 23.1 Å². The molecule has 1 saturated heterocycles. The summed E-state index contributed by atoms with van der Waals surface area (Å²) >= 11 is 2.62. The monoisotopic (exact) mass is 369 g/mol. The first-order valence-corrected chi connectivity index (χ1v) is 9.35. The molecule has 1 aliphatic rings. The molecule has 1 N–H and O–H groups in total. The summed E-state index contributed by atoms with van der Waals surface area (Å²) in [7, 11) is 0. The lowest BCUT2D eigenvalue weighted by atomic mass is 10.2. The van der Waals surface area contributed by atoms with Crippen LogP contribution in [-0.4, -0.2) is 28.3 Å². The fourth-order valence-corrected chi connectivity index (χ4v) is 3.73. The van der Waals surface area contributed by atoms with Crippen LogP contribution in [0.5, 0.6) is 0 Å². The van der Waals surface area contributed by atoms with E-state index in [0.717, 1.165) is 5.56 Å². The van der Waals surface area contributed by atoms with Crippen LogP contribution in [0, 0.1) is 0 Å². The molecular weight excluding hydrogens is 354 g/mol. The van der Waals surface area contributed by atoms with Gasteiger partial charge in [-0.3, -0.25) is 9.59 Å². The van der Waals surface area contributed by atoms with Gasteiger partial charge >= 0.3 is 0 Å². The molecule has 1 unspecified atom stereocenters. The molecular formula is C18H15N3O2S2. The van der Waals surface area contributed by atoms with Gasteiger partial charge in [0.1, 0.15) is 0 Å². The Kier molecular flexibility index (Phi) is 5.92. The van der Waals surface area contributed by atoms with E-state index in [0.29, 0.717) is 10.0 Å². The first kappa shape index (κ1) is 17.3. The molecule has 1 atom stereocenters. The molecule has 1 aliphatic heterocycles. The Morgan fingerprint density at radius 3 is 2.80 bits per heavy atom. The van der Waals surface area contributed by atoms with Gasteiger partial charge in [0.2, 0.25) is 5.91 Å². The Hall–Kier alpha value is -2.51. The number of thioether (sulfide) groups is 1. The number of thiophene rings is 1. The Balaban J connectivity index is 1.53. The number of Topliss-reactive ketones (excluding diaryl/α,β-unsaturated/α-hetero) is 1. The number of hydrogen-bond acceptors (Lipinski definition) is 6. The second-order valence-corrected chi connectivity index (χ2v) is 7.28. The molecule has 126 valence electrons. The first-order valence-electron chi connectivity index (χ1n) is 7.59. The number of rotatable bonds is 6. The van der Waals surface area contributed by atoms with E-state index in [4.69, 9.17) is 0 Å². The third-order valence-electron chi connectivity index (χ3n) is 3.33. The molecule has 0 aliphatic carbocycles. The van der Waals surface area contributed by atoms with Gasteiger partial charge in [0, 0.05) is 12.6 Å². The molecule has 1 aromatic heterocycles. The zero-order valence-electron chi connectivity index (χ0n) is 13.2. The first-order chi connectivity index (χ1) is 12.2. The minimum atomic E-state index is -0.455. The summed E-state index contributed by atoms with van der Waals surface area (Å²) in [5.74, 6) is -0.234. The van der Waals surface area contributed by atoms with Gasteiger partial charge in [-0.15, -0.1) is 16.4 Å². The number of nitrogens with zero attached hydrogens (tertiary/aromatic N) is 2. The predicted molar refractivity (Wildman–Crippen MR) is 104 cm³/mol. The lowest BCUT2D eigenvalue weighted by molar-refractivity contribution is -0.118. The third kappa shape index (κ3) is 4.98. The molecule has 0 bridgehead atoms. The Bertz CT molecular complexity index is 827. The topological polar surface area (TPSA) is 70.9 Å². The zero-order chi connectivity index (χ0) is 17.5. The van der Waals surface area contributed by atoms with Crippen LogP contribution in [0.3, 0.4) is 0 Å². The van der Waals surface area contributed by atoms with Crippen LogP contribution in [0.25, 0.3) is 6.08 Å². The van der Waals surface area contributed by atoms with E-state index in [-0.39, 0.29) is 18.1 Å². The minimum absolute atomic E-state index is 0.0294. The van der Waals surface area contributed by atoms with E-state index in [1.165, 1.54) is 23.1 Å². The van der Waals surface area contributed by atoms with Gasteiger partial charge in [-0.05, 0) is 23.1 Å². The summed E-state index contributed by atoms with van der Waals surface area (Å²) in [5.41, 5.74) is 1.07. The number of nitrogens with one attached hydrogen (secondary N) is 1. The second kappa shape index (κ2) is 8.55. The highest BCUT2D eigenvalue weighted by Crippen LogP contribution is 2.25. The Morgan fingerprint density at radius 1 is 1.20 bits per heavy atom. The van der Waals surface area contributed by atoms with Crippen molar-refractivity contribution in [1.82, 2.24) is 5.32 Å². The summed E-state index contributed by atoms with van der Waals surface area (Å²) in [4.78, 5) is 24.7. The lowest BCUT2D eigenvalue weighted by Gasteiger charge is -2.02. The van der Waals surface area contributed by atoms with Crippen LogP contribution in [0.15, 0.2) is 64.1 Å². The molecule has 0 spiro atoms. The molecule has 0 saturated carbocycles. The highest BCUT2D eigenvalue weighted by atomic mass is 32.2. The van der Waals surface area contributed by atoms with E-state index in [1.807, 2.05) is 47.9 Å². The van der Waals surface area contributed by atoms with Crippen molar-refractivity contribution in [3.63, 3.8) is 0 Å². The van der Waals surface area contributed by atoms with Gasteiger partial charge in [-0.1, -0.05) is 54.2 Å². The maximum atomic E-state index is 12.1. The highest BCUT2D eigenvalue weighted by Gasteiger charge is 2.32. The molecule has 2 aromatic rings. The largest absolute Gasteiger partial charge is 0.303 e. The highest BCUT2D eigenvalue weighted by molar-refractivity contribution is 8.15. The van der Waals surface area contributed by atoms with Crippen LogP contribution in [0.1, 0.15) is 21.7 Å². The normalized spacial score (nSPS) is 19.1. The average Bonchev–Trinajstić information content (AvgIpc) is 3.26. The van der Waals surface area contributed by atoms with Crippen LogP contribution in [0.4, 0.5) is 0 Å². The van der Waals surface area contributed by atoms with Crippen molar-refractivity contribution in [3.8, 4) is 0 Å². The van der Waals surface area contributed by atoms with Crippen molar-refractivity contribution in [2.24, 2.45) is 10.2 Å². The summed E-state index contributed by atoms with van der Waals surface area (Å²) < 4.78 is 0. The minimum Gasteiger partial charge on any atom is -0.303 e. The lowest BCUT2D eigenvalue weighted by Crippen LogP contribution is -2.26. The predicted octanol–water partition coefficient (Wildman–Crippen LogP) is 3.61. The molecule has 7 heteroatoms. The molecule has 1 aromatic carbocycles. The van der Waals surface area contributed by atoms with Crippen molar-refractivity contribution in [1.29, 1.82) is 0 Å².